The first-order chi connectivity index (χ1) is 18.8. The van der Waals surface area contributed by atoms with Crippen molar-refractivity contribution in [2.45, 2.75) is 84.5 Å². The molecule has 1 aromatic heterocycles. The molecule has 1 aliphatic rings. The van der Waals surface area contributed by atoms with Gasteiger partial charge in [-0.05, 0) is 56.6 Å². The summed E-state index contributed by atoms with van der Waals surface area (Å²) in [5.74, 6) is -2.32. The number of Topliss-reactive ketones (excluding diaryl/α,β-unsaturated/α-hetero) is 1. The van der Waals surface area contributed by atoms with Gasteiger partial charge in [-0.15, -0.1) is 0 Å². The first kappa shape index (κ1) is 30.6. The molecule has 4 amide bonds. The number of benzene rings is 1. The number of aliphatic carboxylic acids is 1. The molecule has 4 atom stereocenters. The molecule has 0 spiro atoms. The summed E-state index contributed by atoms with van der Waals surface area (Å²) in [7, 11) is 0. The maximum Gasteiger partial charge on any atom is 0.326 e. The lowest BCUT2D eigenvalue weighted by Gasteiger charge is -2.28. The molecular weight excluding hydrogens is 516 g/mol. The van der Waals surface area contributed by atoms with Crippen molar-refractivity contribution in [3.63, 3.8) is 0 Å². The van der Waals surface area contributed by atoms with E-state index in [4.69, 9.17) is 4.42 Å². The molecular formula is C29H40N4O7. The number of rotatable bonds is 10. The third-order valence-electron chi connectivity index (χ3n) is 6.98. The predicted molar refractivity (Wildman–Crippen MR) is 149 cm³/mol. The van der Waals surface area contributed by atoms with E-state index in [2.05, 4.69) is 16.0 Å². The Morgan fingerprint density at radius 2 is 1.65 bits per heavy atom. The average Bonchev–Trinajstić information content (AvgIpc) is 3.26. The summed E-state index contributed by atoms with van der Waals surface area (Å²) in [5.41, 5.74) is 0.558. The third-order valence-corrected chi connectivity index (χ3v) is 6.98. The number of carboxylic acid groups (broad SMARTS) is 1. The number of carbonyl (C=O) groups is 5. The van der Waals surface area contributed by atoms with Crippen LogP contribution in [0.25, 0.3) is 11.0 Å². The highest BCUT2D eigenvalue weighted by Gasteiger charge is 2.35. The quantitative estimate of drug-likeness (QED) is 0.349. The number of amides is 4. The lowest BCUT2D eigenvalue weighted by atomic mass is 10.0. The van der Waals surface area contributed by atoms with Gasteiger partial charge in [0.15, 0.2) is 11.5 Å². The van der Waals surface area contributed by atoms with Crippen LogP contribution in [0.1, 0.15) is 70.9 Å². The number of ketones is 1. The van der Waals surface area contributed by atoms with Crippen LogP contribution in [-0.4, -0.2) is 70.3 Å². The van der Waals surface area contributed by atoms with Crippen LogP contribution in [0.4, 0.5) is 4.79 Å². The second kappa shape index (κ2) is 13.5. The zero-order valence-electron chi connectivity index (χ0n) is 23.7. The van der Waals surface area contributed by atoms with Gasteiger partial charge >= 0.3 is 12.0 Å². The van der Waals surface area contributed by atoms with E-state index in [1.54, 1.807) is 25.1 Å². The Morgan fingerprint density at radius 1 is 1.00 bits per heavy atom. The largest absolute Gasteiger partial charge is 0.480 e. The van der Waals surface area contributed by atoms with Crippen molar-refractivity contribution < 1.29 is 33.5 Å². The Balaban J connectivity index is 1.67. The number of furan rings is 1. The minimum absolute atomic E-state index is 0.0512. The maximum absolute atomic E-state index is 13.3. The summed E-state index contributed by atoms with van der Waals surface area (Å²) in [6.45, 7) is 9.08. The van der Waals surface area contributed by atoms with E-state index < -0.39 is 41.9 Å². The van der Waals surface area contributed by atoms with Crippen molar-refractivity contribution >= 4 is 40.6 Å². The third kappa shape index (κ3) is 8.06. The van der Waals surface area contributed by atoms with Crippen LogP contribution in [0.3, 0.4) is 0 Å². The van der Waals surface area contributed by atoms with Gasteiger partial charge in [0.2, 0.25) is 5.91 Å². The molecule has 0 aliphatic carbocycles. The van der Waals surface area contributed by atoms with Crippen molar-refractivity contribution in [3.8, 4) is 0 Å². The fourth-order valence-corrected chi connectivity index (χ4v) is 4.81. The molecule has 0 bridgehead atoms. The summed E-state index contributed by atoms with van der Waals surface area (Å²) in [6, 6.07) is 5.02. The first-order valence-electron chi connectivity index (χ1n) is 13.8. The van der Waals surface area contributed by atoms with Gasteiger partial charge in [-0.25, -0.2) is 9.59 Å². The number of urea groups is 1. The lowest BCUT2D eigenvalue weighted by molar-refractivity contribution is -0.139. The van der Waals surface area contributed by atoms with Crippen LogP contribution in [-0.2, 0) is 14.4 Å². The Bertz CT molecular complexity index is 1200. The highest BCUT2D eigenvalue weighted by Crippen LogP contribution is 2.20. The fraction of sp³-hybridized carbons (Fsp3) is 0.552. The molecule has 0 saturated carbocycles. The van der Waals surface area contributed by atoms with Crippen molar-refractivity contribution in [1.29, 1.82) is 0 Å². The highest BCUT2D eigenvalue weighted by atomic mass is 16.4. The molecule has 11 heteroatoms. The monoisotopic (exact) mass is 556 g/mol. The van der Waals surface area contributed by atoms with Crippen LogP contribution in [0.5, 0.6) is 0 Å². The number of para-hydroxylation sites is 1. The number of hydrogen-bond donors (Lipinski definition) is 4. The van der Waals surface area contributed by atoms with Gasteiger partial charge in [-0.2, -0.15) is 0 Å². The van der Waals surface area contributed by atoms with Gasteiger partial charge < -0.3 is 30.4 Å². The summed E-state index contributed by atoms with van der Waals surface area (Å²) in [5, 5.41) is 18.3. The molecule has 0 radical (unpaired) electrons. The van der Waals surface area contributed by atoms with Gasteiger partial charge in [0.05, 0.1) is 12.6 Å². The van der Waals surface area contributed by atoms with Crippen molar-refractivity contribution in [2.75, 3.05) is 6.54 Å². The van der Waals surface area contributed by atoms with E-state index in [0.717, 1.165) is 5.39 Å². The average molecular weight is 557 g/mol. The molecule has 218 valence electrons. The van der Waals surface area contributed by atoms with Crippen LogP contribution in [0.15, 0.2) is 34.7 Å². The number of hydrogen-bond acceptors (Lipinski definition) is 6. The molecule has 40 heavy (non-hydrogen) atoms. The normalized spacial score (nSPS) is 19.3. The SMILES string of the molecule is CC(C)C[C@H](NC(=O)c1cc2ccccc2o1)C(=O)NC1CC[C@@H](C)N(C(=O)N[C@H](CC(C)C)C(=O)O)CC1=O. The van der Waals surface area contributed by atoms with Crippen molar-refractivity contribution in [3.05, 3.63) is 36.1 Å². The zero-order valence-corrected chi connectivity index (χ0v) is 23.7. The summed E-state index contributed by atoms with van der Waals surface area (Å²) < 4.78 is 5.63. The Kier molecular flexibility index (Phi) is 10.3. The van der Waals surface area contributed by atoms with E-state index in [9.17, 15) is 29.1 Å². The number of nitrogens with zero attached hydrogens (tertiary/aromatic N) is 1. The topological polar surface area (TPSA) is 158 Å². The molecule has 11 nitrogen and oxygen atoms in total. The molecule has 3 rings (SSSR count). The number of fused-ring (bicyclic) bond motifs is 1. The second-order valence-electron chi connectivity index (χ2n) is 11.4. The highest BCUT2D eigenvalue weighted by molar-refractivity contribution is 6.00. The van der Waals surface area contributed by atoms with E-state index in [0.29, 0.717) is 24.8 Å². The Hall–Kier alpha value is -3.89. The number of carboxylic acids is 1. The van der Waals surface area contributed by atoms with Crippen LogP contribution in [0, 0.1) is 11.8 Å². The molecule has 1 saturated heterocycles. The van der Waals surface area contributed by atoms with E-state index in [1.165, 1.54) is 4.90 Å². The Morgan fingerprint density at radius 3 is 2.27 bits per heavy atom. The molecule has 1 aromatic carbocycles. The fourth-order valence-electron chi connectivity index (χ4n) is 4.81. The van der Waals surface area contributed by atoms with Gasteiger partial charge in [0, 0.05) is 11.4 Å². The van der Waals surface area contributed by atoms with Gasteiger partial charge in [-0.1, -0.05) is 45.9 Å². The first-order valence-corrected chi connectivity index (χ1v) is 13.8. The van der Waals surface area contributed by atoms with Gasteiger partial charge in [-0.3, -0.25) is 14.4 Å². The zero-order chi connectivity index (χ0) is 29.6. The van der Waals surface area contributed by atoms with Crippen LogP contribution >= 0.6 is 0 Å². The van der Waals surface area contributed by atoms with Gasteiger partial charge in [0.1, 0.15) is 17.7 Å². The van der Waals surface area contributed by atoms with E-state index in [1.807, 2.05) is 39.8 Å². The van der Waals surface area contributed by atoms with Crippen LogP contribution < -0.4 is 16.0 Å². The second-order valence-corrected chi connectivity index (χ2v) is 11.4. The molecule has 4 N–H and O–H groups in total. The number of nitrogens with one attached hydrogen (secondary N) is 3. The summed E-state index contributed by atoms with van der Waals surface area (Å²) >= 11 is 0. The number of likely N-dealkylation sites (tertiary alicyclic amines) is 1. The predicted octanol–water partition coefficient (Wildman–Crippen LogP) is 3.32. The minimum atomic E-state index is -1.14. The number of carbonyl (C=O) groups excluding carboxylic acids is 4. The summed E-state index contributed by atoms with van der Waals surface area (Å²) in [6.07, 6.45) is 1.32. The smallest absolute Gasteiger partial charge is 0.326 e. The molecule has 2 heterocycles. The van der Waals surface area contributed by atoms with Gasteiger partial charge in [0.25, 0.3) is 5.91 Å². The molecule has 1 unspecified atom stereocenters. The lowest BCUT2D eigenvalue weighted by Crippen LogP contribution is -2.54. The Labute approximate surface area is 234 Å². The minimum Gasteiger partial charge on any atom is -0.480 e. The van der Waals surface area contributed by atoms with Crippen molar-refractivity contribution in [2.24, 2.45) is 11.8 Å². The van der Waals surface area contributed by atoms with E-state index in [-0.39, 0.29) is 42.4 Å². The van der Waals surface area contributed by atoms with E-state index >= 15 is 0 Å². The molecule has 1 fully saturated rings. The standard InChI is InChI=1S/C29H40N4O7/c1-16(2)12-21(31-27(36)25-14-19-8-6-7-9-24(19)40-25)26(35)30-20-11-10-18(5)33(15-23(20)34)29(39)32-22(28(37)38)13-17(3)4/h6-9,14,16-18,20-22H,10-13,15H2,1-5H3,(H,30,35)(H,31,36)(H,32,39)(H,37,38)/t18-,20?,21+,22-/m1/s1. The van der Waals surface area contributed by atoms with Crippen molar-refractivity contribution in [1.82, 2.24) is 20.9 Å². The summed E-state index contributed by atoms with van der Waals surface area (Å²) in [4.78, 5) is 65.2. The van der Waals surface area contributed by atoms with Crippen LogP contribution in [0.2, 0.25) is 0 Å². The maximum atomic E-state index is 13.3. The molecule has 1 aliphatic heterocycles. The molecule has 2 aromatic rings.